The van der Waals surface area contributed by atoms with Crippen molar-refractivity contribution in [2.45, 2.75) is 32.6 Å². The molecule has 5 heteroatoms. The molecule has 0 unspecified atom stereocenters. The van der Waals surface area contributed by atoms with E-state index in [4.69, 9.17) is 11.6 Å². The summed E-state index contributed by atoms with van der Waals surface area (Å²) in [6.07, 6.45) is 4.24. The molecule has 2 rings (SSSR count). The number of halogens is 1. The zero-order valence-electron chi connectivity index (χ0n) is 9.03. The summed E-state index contributed by atoms with van der Waals surface area (Å²) in [7, 11) is 0. The predicted molar refractivity (Wildman–Crippen MR) is 59.1 cm³/mol. The van der Waals surface area contributed by atoms with E-state index < -0.39 is 0 Å². The third-order valence-corrected chi connectivity index (χ3v) is 3.03. The number of nitrogens with zero attached hydrogens (tertiary/aromatic N) is 4. The van der Waals surface area contributed by atoms with Crippen molar-refractivity contribution in [1.82, 2.24) is 19.6 Å². The second kappa shape index (κ2) is 3.45. The number of hydrogen-bond donors (Lipinski definition) is 0. The molecule has 2 aromatic rings. The predicted octanol–water partition coefficient (Wildman–Crippen LogP) is 2.47. The van der Waals surface area contributed by atoms with Gasteiger partial charge in [0.15, 0.2) is 5.65 Å². The fourth-order valence-electron chi connectivity index (χ4n) is 1.41. The molecule has 0 aliphatic rings. The van der Waals surface area contributed by atoms with Gasteiger partial charge in [-0.05, 0) is 6.42 Å². The molecule has 4 nitrogen and oxygen atoms in total. The van der Waals surface area contributed by atoms with Crippen LogP contribution in [0.1, 0.15) is 33.0 Å². The summed E-state index contributed by atoms with van der Waals surface area (Å²) in [4.78, 5) is 3.98. The molecule has 0 aromatic carbocycles. The summed E-state index contributed by atoms with van der Waals surface area (Å²) < 4.78 is 1.85. The van der Waals surface area contributed by atoms with E-state index in [1.54, 1.807) is 12.4 Å². The first-order chi connectivity index (χ1) is 7.06. The third kappa shape index (κ3) is 1.59. The van der Waals surface area contributed by atoms with Crippen molar-refractivity contribution in [1.29, 1.82) is 0 Å². The van der Waals surface area contributed by atoms with Gasteiger partial charge in [-0.15, -0.1) is 10.2 Å². The number of aromatic nitrogens is 4. The standard InChI is InChI=1S/C10H13ClN4/c1-4-10(2,3)9-14-13-8-6-12-5-7(11)15(8)9/h5-6H,4H2,1-3H3. The van der Waals surface area contributed by atoms with Gasteiger partial charge in [-0.1, -0.05) is 32.4 Å². The van der Waals surface area contributed by atoms with E-state index in [0.29, 0.717) is 10.8 Å². The quantitative estimate of drug-likeness (QED) is 0.787. The maximum absolute atomic E-state index is 6.09. The van der Waals surface area contributed by atoms with Gasteiger partial charge in [-0.2, -0.15) is 0 Å². The molecule has 2 heterocycles. The zero-order valence-corrected chi connectivity index (χ0v) is 9.78. The van der Waals surface area contributed by atoms with Gasteiger partial charge in [0.1, 0.15) is 11.0 Å². The summed E-state index contributed by atoms with van der Waals surface area (Å²) >= 11 is 6.09. The molecule has 0 amide bonds. The van der Waals surface area contributed by atoms with E-state index in [-0.39, 0.29) is 5.41 Å². The topological polar surface area (TPSA) is 43.1 Å². The lowest BCUT2D eigenvalue weighted by Gasteiger charge is -2.20. The normalized spacial score (nSPS) is 12.3. The maximum Gasteiger partial charge on any atom is 0.180 e. The third-order valence-electron chi connectivity index (χ3n) is 2.76. The van der Waals surface area contributed by atoms with Gasteiger partial charge in [0.25, 0.3) is 0 Å². The van der Waals surface area contributed by atoms with Crippen molar-refractivity contribution in [2.75, 3.05) is 0 Å². The minimum atomic E-state index is -0.0373. The van der Waals surface area contributed by atoms with Crippen LogP contribution in [-0.2, 0) is 5.41 Å². The van der Waals surface area contributed by atoms with Crippen LogP contribution in [-0.4, -0.2) is 19.6 Å². The fourth-order valence-corrected chi connectivity index (χ4v) is 1.63. The van der Waals surface area contributed by atoms with E-state index in [2.05, 4.69) is 36.0 Å². The van der Waals surface area contributed by atoms with Crippen molar-refractivity contribution in [3.8, 4) is 0 Å². The van der Waals surface area contributed by atoms with Crippen LogP contribution in [0.5, 0.6) is 0 Å². The lowest BCUT2D eigenvalue weighted by atomic mass is 9.89. The smallest absolute Gasteiger partial charge is 0.180 e. The highest BCUT2D eigenvalue weighted by Gasteiger charge is 2.25. The van der Waals surface area contributed by atoms with Gasteiger partial charge in [0.05, 0.1) is 12.4 Å². The van der Waals surface area contributed by atoms with Crippen molar-refractivity contribution < 1.29 is 0 Å². The average Bonchev–Trinajstić information content (AvgIpc) is 2.63. The highest BCUT2D eigenvalue weighted by Crippen LogP contribution is 2.26. The first kappa shape index (κ1) is 10.4. The van der Waals surface area contributed by atoms with E-state index in [1.807, 2.05) is 4.40 Å². The molecule has 0 saturated heterocycles. The molecule has 0 aliphatic heterocycles. The van der Waals surface area contributed by atoms with Crippen LogP contribution in [0.15, 0.2) is 12.4 Å². The first-order valence-corrected chi connectivity index (χ1v) is 5.29. The molecule has 0 fully saturated rings. The summed E-state index contributed by atoms with van der Waals surface area (Å²) in [5.74, 6) is 0.882. The van der Waals surface area contributed by atoms with E-state index in [9.17, 15) is 0 Å². The van der Waals surface area contributed by atoms with E-state index in [0.717, 1.165) is 12.2 Å². The van der Waals surface area contributed by atoms with Crippen molar-refractivity contribution in [3.05, 3.63) is 23.4 Å². The van der Waals surface area contributed by atoms with Crippen LogP contribution in [0, 0.1) is 0 Å². The Morgan fingerprint density at radius 1 is 1.33 bits per heavy atom. The number of rotatable bonds is 2. The maximum atomic E-state index is 6.09. The zero-order chi connectivity index (χ0) is 11.1. The molecular formula is C10H13ClN4. The van der Waals surface area contributed by atoms with Gasteiger partial charge in [0.2, 0.25) is 0 Å². The minimum Gasteiger partial charge on any atom is -0.266 e. The van der Waals surface area contributed by atoms with Gasteiger partial charge in [-0.3, -0.25) is 9.38 Å². The molecule has 0 saturated carbocycles. The molecule has 0 bridgehead atoms. The Morgan fingerprint density at radius 2 is 2.07 bits per heavy atom. The molecular weight excluding hydrogens is 212 g/mol. The first-order valence-electron chi connectivity index (χ1n) is 4.91. The Labute approximate surface area is 93.3 Å². The van der Waals surface area contributed by atoms with Gasteiger partial charge in [-0.25, -0.2) is 0 Å². The van der Waals surface area contributed by atoms with Crippen molar-refractivity contribution in [2.24, 2.45) is 0 Å². The Bertz CT molecular complexity index is 489. The van der Waals surface area contributed by atoms with Crippen LogP contribution in [0.2, 0.25) is 5.15 Å². The van der Waals surface area contributed by atoms with Crippen LogP contribution in [0.4, 0.5) is 0 Å². The van der Waals surface area contributed by atoms with E-state index >= 15 is 0 Å². The fraction of sp³-hybridized carbons (Fsp3) is 0.500. The summed E-state index contributed by atoms with van der Waals surface area (Å²) in [5, 5.41) is 8.80. The van der Waals surface area contributed by atoms with Crippen LogP contribution in [0.3, 0.4) is 0 Å². The van der Waals surface area contributed by atoms with Gasteiger partial charge in [0, 0.05) is 5.41 Å². The second-order valence-electron chi connectivity index (χ2n) is 4.18. The lowest BCUT2D eigenvalue weighted by molar-refractivity contribution is 0.468. The van der Waals surface area contributed by atoms with Crippen LogP contribution in [0.25, 0.3) is 5.65 Å². The van der Waals surface area contributed by atoms with Gasteiger partial charge < -0.3 is 0 Å². The van der Waals surface area contributed by atoms with Crippen molar-refractivity contribution in [3.63, 3.8) is 0 Å². The molecule has 2 aromatic heterocycles. The molecule has 0 atom stereocenters. The summed E-state index contributed by atoms with van der Waals surface area (Å²) in [5.41, 5.74) is 0.656. The summed E-state index contributed by atoms with van der Waals surface area (Å²) in [6.45, 7) is 6.37. The Hall–Kier alpha value is -1.16. The monoisotopic (exact) mass is 224 g/mol. The highest BCUT2D eigenvalue weighted by molar-refractivity contribution is 6.29. The molecule has 0 radical (unpaired) electrons. The van der Waals surface area contributed by atoms with Crippen molar-refractivity contribution >= 4 is 17.2 Å². The highest BCUT2D eigenvalue weighted by atomic mass is 35.5. The number of hydrogen-bond acceptors (Lipinski definition) is 3. The second-order valence-corrected chi connectivity index (χ2v) is 4.57. The SMILES string of the molecule is CCC(C)(C)c1nnc2cncc(Cl)n12. The van der Waals surface area contributed by atoms with Crippen LogP contribution < -0.4 is 0 Å². The molecule has 15 heavy (non-hydrogen) atoms. The summed E-state index contributed by atoms with van der Waals surface area (Å²) in [6, 6.07) is 0. The Balaban J connectivity index is 2.73. The van der Waals surface area contributed by atoms with Gasteiger partial charge >= 0.3 is 0 Å². The molecule has 0 spiro atoms. The van der Waals surface area contributed by atoms with E-state index in [1.165, 1.54) is 0 Å². The molecule has 80 valence electrons. The minimum absolute atomic E-state index is 0.0373. The molecule has 0 aliphatic carbocycles. The number of fused-ring (bicyclic) bond motifs is 1. The Kier molecular flexibility index (Phi) is 2.38. The average molecular weight is 225 g/mol. The largest absolute Gasteiger partial charge is 0.266 e. The van der Waals surface area contributed by atoms with Crippen LogP contribution >= 0.6 is 11.6 Å². The Morgan fingerprint density at radius 3 is 2.73 bits per heavy atom. The molecule has 0 N–H and O–H groups in total. The lowest BCUT2D eigenvalue weighted by Crippen LogP contribution is -2.19.